The van der Waals surface area contributed by atoms with Crippen molar-refractivity contribution in [1.82, 2.24) is 10.4 Å². The molecule has 0 spiro atoms. The van der Waals surface area contributed by atoms with Gasteiger partial charge in [0.25, 0.3) is 0 Å². The molecule has 0 aliphatic carbocycles. The molecule has 0 unspecified atom stereocenters. The Morgan fingerprint density at radius 1 is 0.900 bits per heavy atom. The predicted molar refractivity (Wildman–Crippen MR) is 71.8 cm³/mol. The molecule has 118 valence electrons. The van der Waals surface area contributed by atoms with Crippen molar-refractivity contribution in [3.05, 3.63) is 0 Å². The van der Waals surface area contributed by atoms with Crippen molar-refractivity contribution in [2.45, 2.75) is 38.5 Å². The van der Waals surface area contributed by atoms with Crippen LogP contribution in [0.15, 0.2) is 0 Å². The minimum Gasteiger partial charge on any atom is -0.418 e. The Hall–Kier alpha value is -0.985. The standard InChI is InChI=1S/C11H22N4.BF4/c12-11(14-7-3-1-4-8-14)13-15-9-5-2-6-10-15;2-1(3,4)5/h1-10H2,(H2,12,13);/q;-1/p+1. The Bertz CT molecular complexity index is 302. The molecule has 4 nitrogen and oxygen atoms in total. The zero-order chi connectivity index (χ0) is 15.0. The van der Waals surface area contributed by atoms with E-state index in [2.05, 4.69) is 15.0 Å². The molecular weight excluding hydrogens is 275 g/mol. The average Bonchev–Trinajstić information content (AvgIpc) is 2.39. The van der Waals surface area contributed by atoms with Gasteiger partial charge in [0.05, 0.1) is 13.1 Å². The number of piperidine rings is 2. The summed E-state index contributed by atoms with van der Waals surface area (Å²) < 4.78 is 41.3. The van der Waals surface area contributed by atoms with Crippen LogP contribution in [-0.2, 0) is 0 Å². The highest BCUT2D eigenvalue weighted by Crippen LogP contribution is 2.07. The van der Waals surface area contributed by atoms with E-state index in [4.69, 9.17) is 5.73 Å². The summed E-state index contributed by atoms with van der Waals surface area (Å²) in [5.74, 6) is 0.858. The Morgan fingerprint density at radius 3 is 1.85 bits per heavy atom. The largest absolute Gasteiger partial charge is 0.673 e. The van der Waals surface area contributed by atoms with Gasteiger partial charge < -0.3 is 17.3 Å². The van der Waals surface area contributed by atoms with Crippen molar-refractivity contribution in [3.8, 4) is 0 Å². The summed E-state index contributed by atoms with van der Waals surface area (Å²) in [6.07, 6.45) is 7.86. The molecule has 0 saturated carbocycles. The third kappa shape index (κ3) is 8.24. The van der Waals surface area contributed by atoms with Crippen LogP contribution in [0.2, 0.25) is 0 Å². The van der Waals surface area contributed by atoms with E-state index in [1.54, 1.807) is 0 Å². The lowest BCUT2D eigenvalue weighted by molar-refractivity contribution is -0.540. The quantitative estimate of drug-likeness (QED) is 0.336. The van der Waals surface area contributed by atoms with Gasteiger partial charge in [-0.05, 0) is 32.1 Å². The van der Waals surface area contributed by atoms with Crippen LogP contribution in [0, 0.1) is 0 Å². The summed E-state index contributed by atoms with van der Waals surface area (Å²) in [6, 6.07) is 0. The van der Waals surface area contributed by atoms with Gasteiger partial charge in [-0.3, -0.25) is 10.3 Å². The fraction of sp³-hybridized carbons (Fsp3) is 0.909. The van der Waals surface area contributed by atoms with Crippen molar-refractivity contribution in [1.29, 1.82) is 0 Å². The van der Waals surface area contributed by atoms with E-state index in [1.165, 1.54) is 38.5 Å². The van der Waals surface area contributed by atoms with E-state index in [1.807, 2.05) is 0 Å². The monoisotopic (exact) mass is 298 g/mol. The second-order valence-corrected chi connectivity index (χ2v) is 5.09. The van der Waals surface area contributed by atoms with Gasteiger partial charge in [-0.25, -0.2) is 5.43 Å². The van der Waals surface area contributed by atoms with Crippen molar-refractivity contribution >= 4 is 13.2 Å². The van der Waals surface area contributed by atoms with Crippen molar-refractivity contribution < 1.29 is 21.8 Å². The molecule has 9 heteroatoms. The maximum Gasteiger partial charge on any atom is 0.673 e. The highest BCUT2D eigenvalue weighted by atomic mass is 19.5. The number of hydrazine groups is 1. The van der Waals surface area contributed by atoms with E-state index in [9.17, 15) is 17.3 Å². The lowest BCUT2D eigenvalue weighted by Crippen LogP contribution is -2.52. The second-order valence-electron chi connectivity index (χ2n) is 5.09. The lowest BCUT2D eigenvalue weighted by atomic mass is 10.2. The molecule has 2 saturated heterocycles. The van der Waals surface area contributed by atoms with Crippen molar-refractivity contribution in [2.75, 3.05) is 26.2 Å². The molecule has 0 aromatic heterocycles. The van der Waals surface area contributed by atoms with Crippen molar-refractivity contribution in [3.63, 3.8) is 0 Å². The van der Waals surface area contributed by atoms with E-state index >= 15 is 0 Å². The first-order chi connectivity index (χ1) is 9.36. The lowest BCUT2D eigenvalue weighted by Gasteiger charge is -2.25. The van der Waals surface area contributed by atoms with Gasteiger partial charge in [0.15, 0.2) is 0 Å². The number of nitrogens with zero attached hydrogens (tertiary/aromatic N) is 2. The van der Waals surface area contributed by atoms with Crippen LogP contribution in [0.3, 0.4) is 0 Å². The number of nitrogens with two attached hydrogens (primary N) is 1. The van der Waals surface area contributed by atoms with E-state index in [0.717, 1.165) is 32.1 Å². The summed E-state index contributed by atoms with van der Waals surface area (Å²) in [5.41, 5.74) is 9.41. The Balaban J connectivity index is 0.000000347. The molecule has 0 radical (unpaired) electrons. The first-order valence-electron chi connectivity index (χ1n) is 7.12. The van der Waals surface area contributed by atoms with Gasteiger partial charge >= 0.3 is 13.2 Å². The molecule has 2 aliphatic heterocycles. The van der Waals surface area contributed by atoms with Crippen LogP contribution < -0.4 is 11.2 Å². The van der Waals surface area contributed by atoms with Gasteiger partial charge in [0.2, 0.25) is 0 Å². The Kier molecular flexibility index (Phi) is 7.11. The van der Waals surface area contributed by atoms with E-state index < -0.39 is 7.25 Å². The number of hydrogen-bond donors (Lipinski definition) is 2. The first-order valence-corrected chi connectivity index (χ1v) is 7.12. The van der Waals surface area contributed by atoms with Gasteiger partial charge in [0, 0.05) is 13.1 Å². The SMILES string of the molecule is F[B-](F)(F)F.NC(NN1CCCCC1)=[N+]1CCCCC1. The molecular formula is C11H23BF4N4. The van der Waals surface area contributed by atoms with Gasteiger partial charge in [-0.1, -0.05) is 6.42 Å². The molecule has 20 heavy (non-hydrogen) atoms. The zero-order valence-electron chi connectivity index (χ0n) is 11.6. The fourth-order valence-electron chi connectivity index (χ4n) is 2.37. The molecule has 0 bridgehead atoms. The second kappa shape index (κ2) is 8.33. The molecule has 0 aromatic rings. The highest BCUT2D eigenvalue weighted by Gasteiger charge is 2.20. The summed E-state index contributed by atoms with van der Waals surface area (Å²) in [5, 5.41) is 2.26. The van der Waals surface area contributed by atoms with Gasteiger partial charge in [-0.15, -0.1) is 0 Å². The summed E-state index contributed by atoms with van der Waals surface area (Å²) in [4.78, 5) is 0. The smallest absolute Gasteiger partial charge is 0.418 e. The molecule has 2 fully saturated rings. The van der Waals surface area contributed by atoms with Gasteiger partial charge in [-0.2, -0.15) is 5.01 Å². The van der Waals surface area contributed by atoms with E-state index in [-0.39, 0.29) is 0 Å². The summed E-state index contributed by atoms with van der Waals surface area (Å²) >= 11 is 0. The van der Waals surface area contributed by atoms with Gasteiger partial charge in [0.1, 0.15) is 0 Å². The maximum absolute atomic E-state index is 9.75. The zero-order valence-corrected chi connectivity index (χ0v) is 11.6. The minimum absolute atomic E-state index is 0.858. The Morgan fingerprint density at radius 2 is 1.35 bits per heavy atom. The average molecular weight is 298 g/mol. The number of hydrogen-bond acceptors (Lipinski definition) is 1. The third-order valence-corrected chi connectivity index (χ3v) is 3.33. The highest BCUT2D eigenvalue weighted by molar-refractivity contribution is 6.50. The normalized spacial score (nSPS) is 20.9. The fourth-order valence-corrected chi connectivity index (χ4v) is 2.37. The first kappa shape index (κ1) is 17.1. The molecule has 0 aromatic carbocycles. The van der Waals surface area contributed by atoms with Crippen LogP contribution in [0.4, 0.5) is 17.3 Å². The third-order valence-electron chi connectivity index (χ3n) is 3.33. The van der Waals surface area contributed by atoms with Crippen LogP contribution in [-0.4, -0.2) is 49.0 Å². The number of nitrogens with one attached hydrogen (secondary N) is 1. The van der Waals surface area contributed by atoms with Crippen molar-refractivity contribution in [2.24, 2.45) is 5.73 Å². The van der Waals surface area contributed by atoms with Crippen LogP contribution in [0.25, 0.3) is 0 Å². The molecule has 0 amide bonds. The number of rotatable bonds is 1. The molecule has 0 atom stereocenters. The topological polar surface area (TPSA) is 44.3 Å². The van der Waals surface area contributed by atoms with E-state index in [0.29, 0.717) is 0 Å². The summed E-state index contributed by atoms with van der Waals surface area (Å²) in [6.45, 7) is 4.50. The van der Waals surface area contributed by atoms with Crippen LogP contribution in [0.5, 0.6) is 0 Å². The molecule has 3 N–H and O–H groups in total. The van der Waals surface area contributed by atoms with Crippen LogP contribution >= 0.6 is 0 Å². The number of guanidine groups is 1. The number of halogens is 4. The molecule has 2 heterocycles. The molecule has 2 aliphatic rings. The predicted octanol–water partition coefficient (Wildman–Crippen LogP) is 1.79. The van der Waals surface area contributed by atoms with Crippen LogP contribution in [0.1, 0.15) is 38.5 Å². The summed E-state index contributed by atoms with van der Waals surface area (Å²) in [7, 11) is -6.00. The maximum atomic E-state index is 9.75. The Labute approximate surface area is 117 Å². The molecule has 2 rings (SSSR count). The minimum atomic E-state index is -6.00.